The molecule has 1 aliphatic heterocycles. The lowest BCUT2D eigenvalue weighted by molar-refractivity contribution is -0.137. The second-order valence-corrected chi connectivity index (χ2v) is 8.45. The predicted molar refractivity (Wildman–Crippen MR) is 114 cm³/mol. The lowest BCUT2D eigenvalue weighted by Gasteiger charge is -2.34. The summed E-state index contributed by atoms with van der Waals surface area (Å²) in [6, 6.07) is 11.8. The van der Waals surface area contributed by atoms with Crippen molar-refractivity contribution in [2.75, 3.05) is 31.5 Å². The predicted octanol–water partition coefficient (Wildman–Crippen LogP) is 4.57. The maximum atomic E-state index is 12.9. The van der Waals surface area contributed by atoms with E-state index in [2.05, 4.69) is 5.32 Å². The van der Waals surface area contributed by atoms with Crippen molar-refractivity contribution in [3.8, 4) is 0 Å². The number of carbonyl (C=O) groups excluding carboxylic acids is 2. The number of nitrogens with zero attached hydrogens (tertiary/aromatic N) is 2. The Kier molecular flexibility index (Phi) is 6.33. The number of halogens is 3. The first-order valence-electron chi connectivity index (χ1n) is 9.92. The summed E-state index contributed by atoms with van der Waals surface area (Å²) in [6.45, 7) is 2.48. The van der Waals surface area contributed by atoms with Gasteiger partial charge in [0.25, 0.3) is 11.8 Å². The van der Waals surface area contributed by atoms with Gasteiger partial charge in [0.1, 0.15) is 0 Å². The van der Waals surface area contributed by atoms with E-state index in [1.807, 2.05) is 4.90 Å². The molecule has 3 heterocycles. The van der Waals surface area contributed by atoms with E-state index in [1.54, 1.807) is 35.2 Å². The number of hydrogen-bond acceptors (Lipinski definition) is 5. The van der Waals surface area contributed by atoms with Crippen molar-refractivity contribution in [3.63, 3.8) is 0 Å². The van der Waals surface area contributed by atoms with Crippen molar-refractivity contribution < 1.29 is 27.2 Å². The van der Waals surface area contributed by atoms with Gasteiger partial charge in [-0.2, -0.15) is 13.2 Å². The molecule has 0 spiro atoms. The number of amides is 2. The summed E-state index contributed by atoms with van der Waals surface area (Å²) in [5.74, 6) is -0.338. The molecule has 32 heavy (non-hydrogen) atoms. The molecule has 0 bridgehead atoms. The Labute approximate surface area is 186 Å². The summed E-state index contributed by atoms with van der Waals surface area (Å²) in [5.41, 5.74) is -0.0637. The molecule has 0 atom stereocenters. The zero-order valence-corrected chi connectivity index (χ0v) is 17.7. The molecule has 0 saturated carbocycles. The van der Waals surface area contributed by atoms with Crippen molar-refractivity contribution in [2.24, 2.45) is 0 Å². The number of nitrogens with one attached hydrogen (secondary N) is 1. The minimum Gasteiger partial charge on any atom is -0.459 e. The van der Waals surface area contributed by atoms with Crippen LogP contribution in [0.4, 0.5) is 18.2 Å². The van der Waals surface area contributed by atoms with Crippen molar-refractivity contribution in [2.45, 2.75) is 12.7 Å². The molecule has 6 nitrogen and oxygen atoms in total. The molecule has 0 radical (unpaired) electrons. The van der Waals surface area contributed by atoms with E-state index in [1.165, 1.54) is 29.7 Å². The fourth-order valence-corrected chi connectivity index (χ4v) is 4.34. The standard InChI is InChI=1S/C22H20F3N3O3S/c23-22(24,25)16-4-1-3-15(13-16)14-27-8-10-28(11-9-27)21(30)18-6-7-19(32-18)26-20(29)17-5-2-12-31-17/h1-7,12-13H,8-11,14H2,(H,26,29). The number of hydrogen-bond donors (Lipinski definition) is 1. The highest BCUT2D eigenvalue weighted by molar-refractivity contribution is 7.18. The molecule has 10 heteroatoms. The fourth-order valence-electron chi connectivity index (χ4n) is 3.47. The van der Waals surface area contributed by atoms with E-state index in [0.717, 1.165) is 6.07 Å². The minimum atomic E-state index is -4.36. The third-order valence-corrected chi connectivity index (χ3v) is 6.11. The molecule has 0 aliphatic carbocycles. The van der Waals surface area contributed by atoms with E-state index < -0.39 is 11.7 Å². The number of carbonyl (C=O) groups is 2. The van der Waals surface area contributed by atoms with Crippen LogP contribution in [0.25, 0.3) is 0 Å². The summed E-state index contributed by atoms with van der Waals surface area (Å²) in [5, 5.41) is 3.24. The molecule has 4 rings (SSSR count). The highest BCUT2D eigenvalue weighted by Gasteiger charge is 2.30. The van der Waals surface area contributed by atoms with Crippen LogP contribution >= 0.6 is 11.3 Å². The van der Waals surface area contributed by atoms with Crippen molar-refractivity contribution >= 4 is 28.2 Å². The molecule has 1 N–H and O–H groups in total. The molecule has 3 aromatic rings. The number of furan rings is 1. The zero-order valence-electron chi connectivity index (χ0n) is 16.9. The Hall–Kier alpha value is -3.11. The Morgan fingerprint density at radius 3 is 2.50 bits per heavy atom. The number of alkyl halides is 3. The van der Waals surface area contributed by atoms with E-state index in [4.69, 9.17) is 4.42 Å². The van der Waals surface area contributed by atoms with Gasteiger partial charge in [-0.3, -0.25) is 14.5 Å². The van der Waals surface area contributed by atoms with Gasteiger partial charge < -0.3 is 14.6 Å². The van der Waals surface area contributed by atoms with E-state index >= 15 is 0 Å². The molecule has 168 valence electrons. The van der Waals surface area contributed by atoms with Gasteiger partial charge in [0, 0.05) is 32.7 Å². The molecule has 0 unspecified atom stereocenters. The first-order valence-corrected chi connectivity index (χ1v) is 10.7. The monoisotopic (exact) mass is 463 g/mol. The van der Waals surface area contributed by atoms with Gasteiger partial charge in [0.15, 0.2) is 5.76 Å². The summed E-state index contributed by atoms with van der Waals surface area (Å²) in [7, 11) is 0. The molecule has 1 aromatic carbocycles. The third-order valence-electron chi connectivity index (χ3n) is 5.12. The second kappa shape index (κ2) is 9.17. The van der Waals surface area contributed by atoms with Gasteiger partial charge in [-0.05, 0) is 35.9 Å². The molecule has 2 amide bonds. The molecular formula is C22H20F3N3O3S. The van der Waals surface area contributed by atoms with Crippen LogP contribution in [0.5, 0.6) is 0 Å². The van der Waals surface area contributed by atoms with Crippen LogP contribution in [0.1, 0.15) is 31.4 Å². The van der Waals surface area contributed by atoms with E-state index in [9.17, 15) is 22.8 Å². The Balaban J connectivity index is 1.30. The second-order valence-electron chi connectivity index (χ2n) is 7.36. The number of rotatable bonds is 5. The normalized spacial score (nSPS) is 15.0. The van der Waals surface area contributed by atoms with E-state index in [0.29, 0.717) is 48.2 Å². The number of piperazine rings is 1. The maximum Gasteiger partial charge on any atom is 0.416 e. The maximum absolute atomic E-state index is 12.9. The van der Waals surface area contributed by atoms with Gasteiger partial charge >= 0.3 is 6.18 Å². The van der Waals surface area contributed by atoms with Gasteiger partial charge in [-0.25, -0.2) is 0 Å². The van der Waals surface area contributed by atoms with Crippen LogP contribution < -0.4 is 5.32 Å². The zero-order chi connectivity index (χ0) is 22.7. The number of anilines is 1. The Morgan fingerprint density at radius 2 is 1.81 bits per heavy atom. The van der Waals surface area contributed by atoms with Gasteiger partial charge in [-0.15, -0.1) is 11.3 Å². The molecule has 2 aromatic heterocycles. The van der Waals surface area contributed by atoms with Crippen LogP contribution in [0.3, 0.4) is 0 Å². The molecule has 1 fully saturated rings. The van der Waals surface area contributed by atoms with Gasteiger partial charge in [0.2, 0.25) is 0 Å². The lowest BCUT2D eigenvalue weighted by Crippen LogP contribution is -2.48. The van der Waals surface area contributed by atoms with Crippen LogP contribution in [0.2, 0.25) is 0 Å². The van der Waals surface area contributed by atoms with E-state index in [-0.39, 0.29) is 17.6 Å². The Morgan fingerprint density at radius 1 is 1.03 bits per heavy atom. The Bertz CT molecular complexity index is 1090. The SMILES string of the molecule is O=C(Nc1ccc(C(=O)N2CCN(Cc3cccc(C(F)(F)F)c3)CC2)s1)c1ccco1. The summed E-state index contributed by atoms with van der Waals surface area (Å²) >= 11 is 1.18. The summed E-state index contributed by atoms with van der Waals surface area (Å²) < 4.78 is 43.8. The molecule has 1 aliphatic rings. The lowest BCUT2D eigenvalue weighted by atomic mass is 10.1. The molecular weight excluding hydrogens is 443 g/mol. The highest BCUT2D eigenvalue weighted by atomic mass is 32.1. The average molecular weight is 463 g/mol. The highest BCUT2D eigenvalue weighted by Crippen LogP contribution is 2.30. The number of benzene rings is 1. The van der Waals surface area contributed by atoms with Gasteiger partial charge in [-0.1, -0.05) is 18.2 Å². The minimum absolute atomic E-state index is 0.132. The van der Waals surface area contributed by atoms with Crippen molar-refractivity contribution in [1.29, 1.82) is 0 Å². The summed E-state index contributed by atoms with van der Waals surface area (Å²) in [4.78, 5) is 29.1. The number of thiophene rings is 1. The van der Waals surface area contributed by atoms with Crippen LogP contribution in [0, 0.1) is 0 Å². The fraction of sp³-hybridized carbons (Fsp3) is 0.273. The quantitative estimate of drug-likeness (QED) is 0.602. The summed E-state index contributed by atoms with van der Waals surface area (Å²) in [6.07, 6.45) is -2.96. The van der Waals surface area contributed by atoms with Crippen molar-refractivity contribution in [3.05, 3.63) is 76.6 Å². The van der Waals surface area contributed by atoms with Crippen LogP contribution in [0.15, 0.2) is 59.2 Å². The topological polar surface area (TPSA) is 65.8 Å². The van der Waals surface area contributed by atoms with Gasteiger partial charge in [0.05, 0.1) is 21.7 Å². The largest absolute Gasteiger partial charge is 0.459 e. The first-order chi connectivity index (χ1) is 15.3. The van der Waals surface area contributed by atoms with Crippen LogP contribution in [-0.2, 0) is 12.7 Å². The first kappa shape index (κ1) is 22.1. The van der Waals surface area contributed by atoms with Crippen molar-refractivity contribution in [1.82, 2.24) is 9.80 Å². The van der Waals surface area contributed by atoms with Crippen LogP contribution in [-0.4, -0.2) is 47.8 Å². The smallest absolute Gasteiger partial charge is 0.416 e. The molecule has 1 saturated heterocycles. The average Bonchev–Trinajstić information content (AvgIpc) is 3.46. The third kappa shape index (κ3) is 5.20.